The summed E-state index contributed by atoms with van der Waals surface area (Å²) >= 11 is 0. The van der Waals surface area contributed by atoms with Crippen molar-refractivity contribution in [2.24, 2.45) is 0 Å². The number of nitrogens with zero attached hydrogens (tertiary/aromatic N) is 1. The van der Waals surface area contributed by atoms with E-state index in [1.165, 1.54) is 7.11 Å². The molecule has 1 amide bonds. The van der Waals surface area contributed by atoms with Gasteiger partial charge in [-0.05, 0) is 31.9 Å². The van der Waals surface area contributed by atoms with Crippen LogP contribution in [0.15, 0.2) is 18.2 Å². The van der Waals surface area contributed by atoms with Gasteiger partial charge < -0.3 is 14.8 Å². The standard InChI is InChI=1S/C14H16N2O3/c1-9(14(17)16-11-4-5-11)19-12-6-3-10(8-15)7-13(12)18-2/h3,6-7,9,11H,4-5H2,1-2H3,(H,16,17)/t9-/m1/s1. The molecule has 2 rings (SSSR count). The molecular weight excluding hydrogens is 244 g/mol. The van der Waals surface area contributed by atoms with Crippen molar-refractivity contribution in [1.29, 1.82) is 5.26 Å². The van der Waals surface area contributed by atoms with Gasteiger partial charge in [0.05, 0.1) is 18.7 Å². The maximum Gasteiger partial charge on any atom is 0.260 e. The maximum atomic E-state index is 11.8. The van der Waals surface area contributed by atoms with Gasteiger partial charge in [0, 0.05) is 12.1 Å². The first-order valence-corrected chi connectivity index (χ1v) is 6.19. The highest BCUT2D eigenvalue weighted by Gasteiger charge is 2.26. The van der Waals surface area contributed by atoms with E-state index in [-0.39, 0.29) is 5.91 Å². The largest absolute Gasteiger partial charge is 0.493 e. The number of ether oxygens (including phenoxy) is 2. The van der Waals surface area contributed by atoms with Crippen molar-refractivity contribution in [3.63, 3.8) is 0 Å². The van der Waals surface area contributed by atoms with Gasteiger partial charge in [-0.1, -0.05) is 0 Å². The molecule has 0 aromatic heterocycles. The van der Waals surface area contributed by atoms with Crippen LogP contribution < -0.4 is 14.8 Å². The number of amides is 1. The Morgan fingerprint density at radius 3 is 2.79 bits per heavy atom. The zero-order valence-electron chi connectivity index (χ0n) is 11.0. The predicted octanol–water partition coefficient (Wildman–Crippen LogP) is 1.61. The van der Waals surface area contributed by atoms with Gasteiger partial charge in [0.1, 0.15) is 0 Å². The summed E-state index contributed by atoms with van der Waals surface area (Å²) in [6.07, 6.45) is 1.49. The van der Waals surface area contributed by atoms with Crippen LogP contribution in [-0.4, -0.2) is 25.2 Å². The summed E-state index contributed by atoms with van der Waals surface area (Å²) in [5.41, 5.74) is 0.485. The first kappa shape index (κ1) is 13.2. The molecule has 5 heteroatoms. The predicted molar refractivity (Wildman–Crippen MR) is 69.0 cm³/mol. The molecule has 19 heavy (non-hydrogen) atoms. The summed E-state index contributed by atoms with van der Waals surface area (Å²) in [6, 6.07) is 7.18. The van der Waals surface area contributed by atoms with E-state index in [0.29, 0.717) is 23.1 Å². The normalized spacial score (nSPS) is 15.2. The lowest BCUT2D eigenvalue weighted by Gasteiger charge is -2.16. The molecule has 0 heterocycles. The molecular formula is C14H16N2O3. The van der Waals surface area contributed by atoms with Crippen molar-refractivity contribution in [2.75, 3.05) is 7.11 Å². The lowest BCUT2D eigenvalue weighted by Crippen LogP contribution is -2.37. The van der Waals surface area contributed by atoms with Crippen LogP contribution in [0.1, 0.15) is 25.3 Å². The van der Waals surface area contributed by atoms with Crippen molar-refractivity contribution >= 4 is 5.91 Å². The molecule has 1 aromatic carbocycles. The fraction of sp³-hybridized carbons (Fsp3) is 0.429. The highest BCUT2D eigenvalue weighted by atomic mass is 16.5. The molecule has 1 fully saturated rings. The molecule has 1 aliphatic rings. The molecule has 0 saturated heterocycles. The lowest BCUT2D eigenvalue weighted by atomic mass is 10.2. The van der Waals surface area contributed by atoms with E-state index < -0.39 is 6.10 Å². The first-order valence-electron chi connectivity index (χ1n) is 6.19. The molecule has 0 aliphatic heterocycles. The fourth-order valence-corrected chi connectivity index (χ4v) is 1.62. The van der Waals surface area contributed by atoms with E-state index in [9.17, 15) is 4.79 Å². The van der Waals surface area contributed by atoms with E-state index in [1.807, 2.05) is 6.07 Å². The number of nitrogens with one attached hydrogen (secondary N) is 1. The molecule has 1 saturated carbocycles. The molecule has 0 bridgehead atoms. The number of carbonyl (C=O) groups excluding carboxylic acids is 1. The van der Waals surface area contributed by atoms with Gasteiger partial charge in [-0.25, -0.2) is 0 Å². The minimum atomic E-state index is -0.595. The van der Waals surface area contributed by atoms with Crippen molar-refractivity contribution in [2.45, 2.75) is 31.9 Å². The van der Waals surface area contributed by atoms with Crippen LogP contribution in [0.5, 0.6) is 11.5 Å². The number of hydrogen-bond donors (Lipinski definition) is 1. The van der Waals surface area contributed by atoms with Crippen LogP contribution in [0.4, 0.5) is 0 Å². The third-order valence-electron chi connectivity index (χ3n) is 2.89. The van der Waals surface area contributed by atoms with E-state index in [0.717, 1.165) is 12.8 Å². The molecule has 100 valence electrons. The number of hydrogen-bond acceptors (Lipinski definition) is 4. The van der Waals surface area contributed by atoms with Crippen LogP contribution >= 0.6 is 0 Å². The van der Waals surface area contributed by atoms with Gasteiger partial charge in [0.25, 0.3) is 5.91 Å². The Kier molecular flexibility index (Phi) is 3.91. The Bertz CT molecular complexity index is 518. The molecule has 1 aromatic rings. The van der Waals surface area contributed by atoms with E-state index in [2.05, 4.69) is 5.32 Å². The Hall–Kier alpha value is -2.22. The minimum Gasteiger partial charge on any atom is -0.493 e. The zero-order chi connectivity index (χ0) is 13.8. The van der Waals surface area contributed by atoms with Gasteiger partial charge in [0.2, 0.25) is 0 Å². The van der Waals surface area contributed by atoms with Crippen molar-refractivity contribution in [3.8, 4) is 17.6 Å². The highest BCUT2D eigenvalue weighted by molar-refractivity contribution is 5.81. The Morgan fingerprint density at radius 2 is 2.21 bits per heavy atom. The second kappa shape index (κ2) is 5.61. The van der Waals surface area contributed by atoms with Gasteiger partial charge in [0.15, 0.2) is 17.6 Å². The van der Waals surface area contributed by atoms with E-state index >= 15 is 0 Å². The van der Waals surface area contributed by atoms with Crippen LogP contribution in [0.25, 0.3) is 0 Å². The van der Waals surface area contributed by atoms with Gasteiger partial charge in [-0.3, -0.25) is 4.79 Å². The summed E-state index contributed by atoms with van der Waals surface area (Å²) in [7, 11) is 1.50. The van der Waals surface area contributed by atoms with Crippen molar-refractivity contribution in [1.82, 2.24) is 5.32 Å². The average molecular weight is 260 g/mol. The molecule has 1 aliphatic carbocycles. The number of benzene rings is 1. The molecule has 1 atom stereocenters. The van der Waals surface area contributed by atoms with Crippen LogP contribution in [0.3, 0.4) is 0 Å². The summed E-state index contributed by atoms with van der Waals surface area (Å²) in [6.45, 7) is 1.69. The minimum absolute atomic E-state index is 0.131. The fourth-order valence-electron chi connectivity index (χ4n) is 1.62. The zero-order valence-corrected chi connectivity index (χ0v) is 11.0. The lowest BCUT2D eigenvalue weighted by molar-refractivity contribution is -0.127. The van der Waals surface area contributed by atoms with Crippen LogP contribution in [0, 0.1) is 11.3 Å². The molecule has 0 radical (unpaired) electrons. The number of nitriles is 1. The Labute approximate surface area is 112 Å². The second-order valence-corrected chi connectivity index (χ2v) is 4.52. The third-order valence-corrected chi connectivity index (χ3v) is 2.89. The second-order valence-electron chi connectivity index (χ2n) is 4.52. The monoisotopic (exact) mass is 260 g/mol. The van der Waals surface area contributed by atoms with Gasteiger partial charge in [-0.2, -0.15) is 5.26 Å². The van der Waals surface area contributed by atoms with E-state index in [1.54, 1.807) is 25.1 Å². The molecule has 1 N–H and O–H groups in total. The molecule has 0 spiro atoms. The first-order chi connectivity index (χ1) is 9.13. The summed E-state index contributed by atoms with van der Waals surface area (Å²) in [5, 5.41) is 11.7. The van der Waals surface area contributed by atoms with Gasteiger partial charge >= 0.3 is 0 Å². The van der Waals surface area contributed by atoms with Crippen LogP contribution in [-0.2, 0) is 4.79 Å². The summed E-state index contributed by atoms with van der Waals surface area (Å²) in [5.74, 6) is 0.777. The maximum absolute atomic E-state index is 11.8. The third kappa shape index (κ3) is 3.38. The number of methoxy groups -OCH3 is 1. The Morgan fingerprint density at radius 1 is 1.47 bits per heavy atom. The Balaban J connectivity index is 2.04. The van der Waals surface area contributed by atoms with Crippen molar-refractivity contribution < 1.29 is 14.3 Å². The van der Waals surface area contributed by atoms with Gasteiger partial charge in [-0.15, -0.1) is 0 Å². The summed E-state index contributed by atoms with van der Waals surface area (Å²) < 4.78 is 10.7. The number of carbonyl (C=O) groups is 1. The topological polar surface area (TPSA) is 71.3 Å². The molecule has 5 nitrogen and oxygen atoms in total. The smallest absolute Gasteiger partial charge is 0.260 e. The average Bonchev–Trinajstić information content (AvgIpc) is 3.22. The van der Waals surface area contributed by atoms with E-state index in [4.69, 9.17) is 14.7 Å². The SMILES string of the molecule is COc1cc(C#N)ccc1O[C@H](C)C(=O)NC1CC1. The number of rotatable bonds is 5. The van der Waals surface area contributed by atoms with Crippen LogP contribution in [0.2, 0.25) is 0 Å². The molecule has 0 unspecified atom stereocenters. The highest BCUT2D eigenvalue weighted by Crippen LogP contribution is 2.29. The quantitative estimate of drug-likeness (QED) is 0.873. The summed E-state index contributed by atoms with van der Waals surface area (Å²) in [4.78, 5) is 11.8. The van der Waals surface area contributed by atoms with Crippen molar-refractivity contribution in [3.05, 3.63) is 23.8 Å².